The number of aromatic nitrogens is 2. The molecule has 0 saturated heterocycles. The van der Waals surface area contributed by atoms with Gasteiger partial charge in [-0.15, -0.1) is 0 Å². The van der Waals surface area contributed by atoms with Gasteiger partial charge in [0.2, 0.25) is 0 Å². The molecule has 0 N–H and O–H groups in total. The first kappa shape index (κ1) is 20.0. The average Bonchev–Trinajstić information content (AvgIpc) is 2.74. The van der Waals surface area contributed by atoms with Crippen LogP contribution in [0, 0.1) is 11.8 Å². The number of nitrogens with zero attached hydrogens (tertiary/aromatic N) is 2. The third-order valence-corrected chi connectivity index (χ3v) is 6.39. The van der Waals surface area contributed by atoms with E-state index in [0.29, 0.717) is 0 Å². The van der Waals surface area contributed by atoms with Crippen molar-refractivity contribution in [3.63, 3.8) is 0 Å². The van der Waals surface area contributed by atoms with Crippen LogP contribution in [-0.4, -0.2) is 10.2 Å². The maximum Gasteiger partial charge on any atom is 0.0929 e. The van der Waals surface area contributed by atoms with Gasteiger partial charge >= 0.3 is 0 Å². The van der Waals surface area contributed by atoms with Crippen molar-refractivity contribution in [1.29, 1.82) is 0 Å². The van der Waals surface area contributed by atoms with Crippen molar-refractivity contribution in [1.82, 2.24) is 10.2 Å². The van der Waals surface area contributed by atoms with Crippen molar-refractivity contribution in [2.24, 2.45) is 11.8 Å². The Morgan fingerprint density at radius 3 is 2.15 bits per heavy atom. The number of rotatable bonds is 9. The minimum Gasteiger partial charge on any atom is -0.155 e. The minimum atomic E-state index is 0.943. The highest BCUT2D eigenvalue weighted by Gasteiger charge is 2.19. The van der Waals surface area contributed by atoms with E-state index < -0.39 is 0 Å². The molecular formula is C25H36N2. The van der Waals surface area contributed by atoms with Crippen LogP contribution in [0.4, 0.5) is 0 Å². The molecule has 2 aromatic rings. The van der Waals surface area contributed by atoms with Crippen molar-refractivity contribution in [2.75, 3.05) is 0 Å². The monoisotopic (exact) mass is 364 g/mol. The molecule has 1 aliphatic rings. The van der Waals surface area contributed by atoms with E-state index in [1.165, 1.54) is 75.3 Å². The first-order valence-electron chi connectivity index (χ1n) is 11.2. The molecule has 0 unspecified atom stereocenters. The highest BCUT2D eigenvalue weighted by molar-refractivity contribution is 5.58. The number of unbranched alkanes of at least 4 members (excludes halogenated alkanes) is 2. The molecule has 1 fully saturated rings. The van der Waals surface area contributed by atoms with Gasteiger partial charge < -0.3 is 0 Å². The Bertz CT molecular complexity index is 652. The third kappa shape index (κ3) is 6.16. The van der Waals surface area contributed by atoms with Gasteiger partial charge in [-0.05, 0) is 55.2 Å². The molecule has 0 aliphatic heterocycles. The quantitative estimate of drug-likeness (QED) is 0.446. The molecule has 1 aliphatic carbocycles. The van der Waals surface area contributed by atoms with Crippen LogP contribution in [0.25, 0.3) is 11.3 Å². The Labute approximate surface area is 165 Å². The molecule has 0 bridgehead atoms. The van der Waals surface area contributed by atoms with Gasteiger partial charge in [-0.2, -0.15) is 10.2 Å². The number of hydrogen-bond donors (Lipinski definition) is 0. The van der Waals surface area contributed by atoms with E-state index >= 15 is 0 Å². The highest BCUT2D eigenvalue weighted by Crippen LogP contribution is 2.33. The number of benzene rings is 1. The second kappa shape index (κ2) is 10.6. The van der Waals surface area contributed by atoms with E-state index in [1.54, 1.807) is 0 Å². The molecule has 0 amide bonds. The fourth-order valence-electron chi connectivity index (χ4n) is 4.34. The van der Waals surface area contributed by atoms with Gasteiger partial charge in [0.25, 0.3) is 0 Å². The summed E-state index contributed by atoms with van der Waals surface area (Å²) in [5.74, 6) is 1.94. The Morgan fingerprint density at radius 2 is 1.52 bits per heavy atom. The lowest BCUT2D eigenvalue weighted by Gasteiger charge is -2.27. The molecule has 0 atom stereocenters. The summed E-state index contributed by atoms with van der Waals surface area (Å²) in [5, 5.41) is 8.85. The molecule has 1 saturated carbocycles. The fraction of sp³-hybridized carbons (Fsp3) is 0.600. The van der Waals surface area contributed by atoms with Gasteiger partial charge in [0.1, 0.15) is 0 Å². The van der Waals surface area contributed by atoms with E-state index in [9.17, 15) is 0 Å². The molecule has 0 spiro atoms. The molecule has 0 radical (unpaired) electrons. The zero-order chi connectivity index (χ0) is 18.9. The van der Waals surface area contributed by atoms with Crippen LogP contribution in [0.5, 0.6) is 0 Å². The van der Waals surface area contributed by atoms with Crippen LogP contribution >= 0.6 is 0 Å². The lowest BCUT2D eigenvalue weighted by molar-refractivity contribution is 0.259. The molecule has 27 heavy (non-hydrogen) atoms. The van der Waals surface area contributed by atoms with Crippen LogP contribution in [0.3, 0.4) is 0 Å². The van der Waals surface area contributed by atoms with E-state index in [-0.39, 0.29) is 0 Å². The standard InChI is InChI=1S/C25H36N2/c1-3-5-6-7-24-18-19-25(27-26-24)23-16-14-22(15-17-23)13-12-21-10-8-20(4-2)9-11-21/h14-21H,3-13H2,1-2H3. The SMILES string of the molecule is CCCCCc1ccc(-c2ccc(CCC3CCC(CC)CC3)cc2)nn1. The predicted octanol–water partition coefficient (Wildman–Crippen LogP) is 7.03. The molecule has 2 heteroatoms. The zero-order valence-corrected chi connectivity index (χ0v) is 17.3. The van der Waals surface area contributed by atoms with Crippen molar-refractivity contribution in [2.45, 2.75) is 84.5 Å². The molecule has 1 aromatic carbocycles. The van der Waals surface area contributed by atoms with Crippen molar-refractivity contribution in [3.05, 3.63) is 47.7 Å². The largest absolute Gasteiger partial charge is 0.155 e. The second-order valence-electron chi connectivity index (χ2n) is 8.40. The van der Waals surface area contributed by atoms with E-state index in [2.05, 4.69) is 60.4 Å². The fourth-order valence-corrected chi connectivity index (χ4v) is 4.34. The Kier molecular flexibility index (Phi) is 7.86. The average molecular weight is 365 g/mol. The van der Waals surface area contributed by atoms with Crippen LogP contribution in [-0.2, 0) is 12.8 Å². The lowest BCUT2D eigenvalue weighted by Crippen LogP contribution is -2.14. The van der Waals surface area contributed by atoms with Gasteiger partial charge in [0, 0.05) is 5.56 Å². The normalized spacial score (nSPS) is 19.9. The Balaban J connectivity index is 1.48. The number of hydrogen-bond acceptors (Lipinski definition) is 2. The summed E-state index contributed by atoms with van der Waals surface area (Å²) in [6, 6.07) is 13.2. The summed E-state index contributed by atoms with van der Waals surface area (Å²) in [5.41, 5.74) is 4.73. The van der Waals surface area contributed by atoms with Gasteiger partial charge in [0.05, 0.1) is 11.4 Å². The molecule has 146 valence electrons. The van der Waals surface area contributed by atoms with Gasteiger partial charge in [-0.1, -0.05) is 83.1 Å². The van der Waals surface area contributed by atoms with E-state index in [1.807, 2.05) is 0 Å². The first-order chi connectivity index (χ1) is 13.3. The molecule has 1 aromatic heterocycles. The summed E-state index contributed by atoms with van der Waals surface area (Å²) in [6.07, 6.45) is 14.5. The molecule has 2 nitrogen and oxygen atoms in total. The van der Waals surface area contributed by atoms with Crippen LogP contribution < -0.4 is 0 Å². The first-order valence-corrected chi connectivity index (χ1v) is 11.2. The van der Waals surface area contributed by atoms with Crippen LogP contribution in [0.15, 0.2) is 36.4 Å². The van der Waals surface area contributed by atoms with Gasteiger partial charge in [-0.25, -0.2) is 0 Å². The third-order valence-electron chi connectivity index (χ3n) is 6.39. The van der Waals surface area contributed by atoms with Crippen molar-refractivity contribution < 1.29 is 0 Å². The van der Waals surface area contributed by atoms with Crippen molar-refractivity contribution in [3.8, 4) is 11.3 Å². The smallest absolute Gasteiger partial charge is 0.0929 e. The van der Waals surface area contributed by atoms with Gasteiger partial charge in [-0.3, -0.25) is 0 Å². The summed E-state index contributed by atoms with van der Waals surface area (Å²) < 4.78 is 0. The van der Waals surface area contributed by atoms with Crippen LogP contribution in [0.1, 0.15) is 82.9 Å². The second-order valence-corrected chi connectivity index (χ2v) is 8.40. The summed E-state index contributed by atoms with van der Waals surface area (Å²) >= 11 is 0. The maximum absolute atomic E-state index is 4.44. The van der Waals surface area contributed by atoms with Gasteiger partial charge in [0.15, 0.2) is 0 Å². The predicted molar refractivity (Wildman–Crippen MR) is 115 cm³/mol. The van der Waals surface area contributed by atoms with Crippen LogP contribution in [0.2, 0.25) is 0 Å². The summed E-state index contributed by atoms with van der Waals surface area (Å²) in [4.78, 5) is 0. The lowest BCUT2D eigenvalue weighted by atomic mass is 9.78. The Hall–Kier alpha value is -1.70. The maximum atomic E-state index is 4.44. The topological polar surface area (TPSA) is 25.8 Å². The number of aryl methyl sites for hydroxylation is 2. The molecular weight excluding hydrogens is 328 g/mol. The summed E-state index contributed by atoms with van der Waals surface area (Å²) in [6.45, 7) is 4.58. The molecule has 1 heterocycles. The molecule has 3 rings (SSSR count). The van der Waals surface area contributed by atoms with E-state index in [4.69, 9.17) is 0 Å². The van der Waals surface area contributed by atoms with Crippen molar-refractivity contribution >= 4 is 0 Å². The summed E-state index contributed by atoms with van der Waals surface area (Å²) in [7, 11) is 0. The zero-order valence-electron chi connectivity index (χ0n) is 17.3. The Morgan fingerprint density at radius 1 is 0.778 bits per heavy atom. The minimum absolute atomic E-state index is 0.943. The van der Waals surface area contributed by atoms with E-state index in [0.717, 1.165) is 29.6 Å². The highest BCUT2D eigenvalue weighted by atomic mass is 15.1.